The molecule has 1 unspecified atom stereocenters. The lowest BCUT2D eigenvalue weighted by Gasteiger charge is -2.29. The van der Waals surface area contributed by atoms with E-state index < -0.39 is 10.0 Å². The molecule has 4 nitrogen and oxygen atoms in total. The first kappa shape index (κ1) is 14.9. The van der Waals surface area contributed by atoms with Crippen LogP contribution in [0.2, 0.25) is 0 Å². The molecule has 0 bridgehead atoms. The summed E-state index contributed by atoms with van der Waals surface area (Å²) in [4.78, 5) is 1.01. The first-order chi connectivity index (χ1) is 7.50. The van der Waals surface area contributed by atoms with Gasteiger partial charge in [-0.15, -0.1) is 23.7 Å². The van der Waals surface area contributed by atoms with Gasteiger partial charge in [0, 0.05) is 24.0 Å². The number of thiophene rings is 1. The first-order valence-corrected chi connectivity index (χ1v) is 7.58. The van der Waals surface area contributed by atoms with Crippen LogP contribution in [0.1, 0.15) is 17.7 Å². The van der Waals surface area contributed by atoms with Gasteiger partial charge >= 0.3 is 0 Å². The topological polar surface area (TPSA) is 63.4 Å². The van der Waals surface area contributed by atoms with Crippen LogP contribution in [0.4, 0.5) is 0 Å². The van der Waals surface area contributed by atoms with E-state index in [-0.39, 0.29) is 18.4 Å². The Labute approximate surface area is 112 Å². The van der Waals surface area contributed by atoms with Crippen LogP contribution in [0.25, 0.3) is 0 Å². The van der Waals surface area contributed by atoms with Gasteiger partial charge in [-0.2, -0.15) is 4.31 Å². The van der Waals surface area contributed by atoms with E-state index in [4.69, 9.17) is 5.73 Å². The standard InChI is InChI=1S/C10H16N2O2S2.ClH/c1-8-4-5-10(15-8)16(13,14)12-6-2-3-9(11)7-12;/h4-5,9H,2-3,6-7,11H2,1H3;1H. The second-order valence-electron chi connectivity index (χ2n) is 4.13. The highest BCUT2D eigenvalue weighted by atomic mass is 35.5. The third kappa shape index (κ3) is 3.20. The number of aryl methyl sites for hydroxylation is 1. The minimum Gasteiger partial charge on any atom is -0.327 e. The maximum Gasteiger partial charge on any atom is 0.252 e. The van der Waals surface area contributed by atoms with E-state index in [1.54, 1.807) is 6.07 Å². The van der Waals surface area contributed by atoms with Gasteiger partial charge < -0.3 is 5.73 Å². The van der Waals surface area contributed by atoms with E-state index in [2.05, 4.69) is 0 Å². The number of hydrogen-bond donors (Lipinski definition) is 1. The van der Waals surface area contributed by atoms with Crippen LogP contribution in [-0.2, 0) is 10.0 Å². The summed E-state index contributed by atoms with van der Waals surface area (Å²) < 4.78 is 26.4. The molecule has 1 aliphatic rings. The first-order valence-electron chi connectivity index (χ1n) is 5.32. The van der Waals surface area contributed by atoms with E-state index >= 15 is 0 Å². The molecule has 1 atom stereocenters. The quantitative estimate of drug-likeness (QED) is 0.901. The summed E-state index contributed by atoms with van der Waals surface area (Å²) in [6.07, 6.45) is 1.76. The molecular formula is C10H17ClN2O2S2. The van der Waals surface area contributed by atoms with Gasteiger partial charge in [-0.1, -0.05) is 0 Å². The summed E-state index contributed by atoms with van der Waals surface area (Å²) in [5.74, 6) is 0. The fourth-order valence-electron chi connectivity index (χ4n) is 1.87. The summed E-state index contributed by atoms with van der Waals surface area (Å²) in [5, 5.41) is 0. The minimum absolute atomic E-state index is 0. The van der Waals surface area contributed by atoms with Gasteiger partial charge in [0.15, 0.2) is 0 Å². The molecule has 0 aliphatic carbocycles. The van der Waals surface area contributed by atoms with E-state index in [0.29, 0.717) is 17.3 Å². The maximum atomic E-state index is 12.2. The zero-order valence-corrected chi connectivity index (χ0v) is 12.1. The predicted octanol–water partition coefficient (Wildman–Crippen LogP) is 1.59. The van der Waals surface area contributed by atoms with Crippen molar-refractivity contribution in [3.05, 3.63) is 17.0 Å². The number of rotatable bonds is 2. The highest BCUT2D eigenvalue weighted by Gasteiger charge is 2.29. The Kier molecular flexibility index (Phi) is 4.97. The predicted molar refractivity (Wildman–Crippen MR) is 72.3 cm³/mol. The number of sulfonamides is 1. The van der Waals surface area contributed by atoms with Crippen molar-refractivity contribution in [2.75, 3.05) is 13.1 Å². The highest BCUT2D eigenvalue weighted by molar-refractivity contribution is 7.91. The largest absolute Gasteiger partial charge is 0.327 e. The van der Waals surface area contributed by atoms with Crippen molar-refractivity contribution in [2.45, 2.75) is 30.0 Å². The highest BCUT2D eigenvalue weighted by Crippen LogP contribution is 2.26. The van der Waals surface area contributed by atoms with Gasteiger partial charge in [0.2, 0.25) is 0 Å². The van der Waals surface area contributed by atoms with Crippen LogP contribution >= 0.6 is 23.7 Å². The Morgan fingerprint density at radius 2 is 2.18 bits per heavy atom. The SMILES string of the molecule is Cc1ccc(S(=O)(=O)N2CCCC(N)C2)s1.Cl. The normalized spacial score (nSPS) is 22.1. The molecule has 2 N–H and O–H groups in total. The van der Waals surface area contributed by atoms with E-state index in [1.165, 1.54) is 15.6 Å². The Morgan fingerprint density at radius 1 is 1.47 bits per heavy atom. The van der Waals surface area contributed by atoms with Crippen molar-refractivity contribution in [1.82, 2.24) is 4.31 Å². The molecule has 0 aromatic carbocycles. The molecule has 1 aromatic heterocycles. The number of nitrogens with two attached hydrogens (primary N) is 1. The van der Waals surface area contributed by atoms with E-state index in [9.17, 15) is 8.42 Å². The van der Waals surface area contributed by atoms with E-state index in [1.807, 2.05) is 13.0 Å². The molecule has 2 heterocycles. The summed E-state index contributed by atoms with van der Waals surface area (Å²) >= 11 is 1.32. The lowest BCUT2D eigenvalue weighted by Crippen LogP contribution is -2.45. The Hall–Kier alpha value is -0.140. The summed E-state index contributed by atoms with van der Waals surface area (Å²) in [7, 11) is -3.30. The zero-order valence-electron chi connectivity index (χ0n) is 9.63. The fraction of sp³-hybridized carbons (Fsp3) is 0.600. The minimum atomic E-state index is -3.30. The Bertz CT molecular complexity index is 472. The molecule has 0 amide bonds. The molecule has 0 saturated carbocycles. The van der Waals surface area contributed by atoms with Crippen LogP contribution in [0, 0.1) is 6.92 Å². The van der Waals surface area contributed by atoms with Gasteiger partial charge in [0.05, 0.1) is 0 Å². The van der Waals surface area contributed by atoms with E-state index in [0.717, 1.165) is 17.7 Å². The molecule has 98 valence electrons. The lowest BCUT2D eigenvalue weighted by atomic mass is 10.1. The monoisotopic (exact) mass is 296 g/mol. The average Bonchev–Trinajstić information content (AvgIpc) is 2.65. The van der Waals surface area contributed by atoms with Crippen molar-refractivity contribution in [1.29, 1.82) is 0 Å². The molecule has 1 saturated heterocycles. The average molecular weight is 297 g/mol. The molecular weight excluding hydrogens is 280 g/mol. The second-order valence-corrected chi connectivity index (χ2v) is 7.58. The number of nitrogens with zero attached hydrogens (tertiary/aromatic N) is 1. The third-order valence-electron chi connectivity index (χ3n) is 2.73. The van der Waals surface area contributed by atoms with Crippen molar-refractivity contribution in [3.63, 3.8) is 0 Å². The van der Waals surface area contributed by atoms with Crippen LogP contribution in [0.3, 0.4) is 0 Å². The maximum absolute atomic E-state index is 12.2. The van der Waals surface area contributed by atoms with Gasteiger partial charge in [-0.05, 0) is 31.9 Å². The van der Waals surface area contributed by atoms with Crippen LogP contribution in [0.5, 0.6) is 0 Å². The van der Waals surface area contributed by atoms with Crippen molar-refractivity contribution < 1.29 is 8.42 Å². The van der Waals surface area contributed by atoms with Gasteiger partial charge in [0.1, 0.15) is 4.21 Å². The summed E-state index contributed by atoms with van der Waals surface area (Å²) in [6, 6.07) is 3.49. The summed E-state index contributed by atoms with van der Waals surface area (Å²) in [6.45, 7) is 2.94. The van der Waals surface area contributed by atoms with Crippen LogP contribution in [0.15, 0.2) is 16.3 Å². The number of halogens is 1. The second kappa shape index (κ2) is 5.67. The fourth-order valence-corrected chi connectivity index (χ4v) is 4.84. The Balaban J connectivity index is 0.00000144. The van der Waals surface area contributed by atoms with Crippen LogP contribution < -0.4 is 5.73 Å². The third-order valence-corrected chi connectivity index (χ3v) is 6.06. The number of piperidine rings is 1. The lowest BCUT2D eigenvalue weighted by molar-refractivity contribution is 0.316. The Morgan fingerprint density at radius 3 is 2.71 bits per heavy atom. The van der Waals surface area contributed by atoms with Crippen molar-refractivity contribution in [2.24, 2.45) is 5.73 Å². The smallest absolute Gasteiger partial charge is 0.252 e. The van der Waals surface area contributed by atoms with Gasteiger partial charge in [-0.25, -0.2) is 8.42 Å². The van der Waals surface area contributed by atoms with Crippen LogP contribution in [-0.4, -0.2) is 31.9 Å². The number of hydrogen-bond acceptors (Lipinski definition) is 4. The molecule has 7 heteroatoms. The molecule has 1 fully saturated rings. The van der Waals surface area contributed by atoms with Gasteiger partial charge in [0.25, 0.3) is 10.0 Å². The van der Waals surface area contributed by atoms with Gasteiger partial charge in [-0.3, -0.25) is 0 Å². The molecule has 0 radical (unpaired) electrons. The molecule has 17 heavy (non-hydrogen) atoms. The molecule has 2 rings (SSSR count). The summed E-state index contributed by atoms with van der Waals surface area (Å²) in [5.41, 5.74) is 5.80. The molecule has 0 spiro atoms. The van der Waals surface area contributed by atoms with Crippen molar-refractivity contribution >= 4 is 33.8 Å². The molecule has 1 aliphatic heterocycles. The zero-order chi connectivity index (χ0) is 11.8. The molecule has 1 aromatic rings. The van der Waals surface area contributed by atoms with Crippen molar-refractivity contribution in [3.8, 4) is 0 Å².